The second-order valence-electron chi connectivity index (χ2n) is 5.04. The van der Waals surface area contributed by atoms with E-state index >= 15 is 0 Å². The van der Waals surface area contributed by atoms with E-state index in [1.165, 1.54) is 0 Å². The van der Waals surface area contributed by atoms with E-state index in [0.29, 0.717) is 6.04 Å². The summed E-state index contributed by atoms with van der Waals surface area (Å²) in [4.78, 5) is 13.6. The summed E-state index contributed by atoms with van der Waals surface area (Å²) in [6.45, 7) is 5.09. The molecule has 2 rings (SSSR count). The van der Waals surface area contributed by atoms with Crippen LogP contribution in [0, 0.1) is 0 Å². The van der Waals surface area contributed by atoms with Crippen LogP contribution in [-0.2, 0) is 4.74 Å². The molecule has 0 saturated carbocycles. The highest BCUT2D eigenvalue weighted by Gasteiger charge is 2.13. The van der Waals surface area contributed by atoms with Crippen molar-refractivity contribution in [2.45, 2.75) is 19.4 Å². The molecule has 0 aromatic heterocycles. The van der Waals surface area contributed by atoms with Crippen molar-refractivity contribution in [3.8, 4) is 0 Å². The van der Waals surface area contributed by atoms with E-state index in [9.17, 15) is 4.79 Å². The Morgan fingerprint density at radius 3 is 3.05 bits per heavy atom. The molecule has 0 amide bonds. The molecule has 0 radical (unpaired) electrons. The maximum Gasteiger partial charge on any atom is 0.159 e. The lowest BCUT2D eigenvalue weighted by Crippen LogP contribution is -2.42. The minimum atomic E-state index is 0.109. The van der Waals surface area contributed by atoms with Gasteiger partial charge in [0.1, 0.15) is 0 Å². The van der Waals surface area contributed by atoms with Crippen LogP contribution in [0.25, 0.3) is 0 Å². The number of nitrogens with zero attached hydrogens (tertiary/aromatic N) is 1. The fraction of sp³-hybridized carbons (Fsp3) is 0.533. The molecule has 1 aliphatic rings. The van der Waals surface area contributed by atoms with E-state index in [1.807, 2.05) is 24.3 Å². The number of ketones is 1. The minimum absolute atomic E-state index is 0.109. The molecule has 4 heteroatoms. The molecule has 19 heavy (non-hydrogen) atoms. The summed E-state index contributed by atoms with van der Waals surface area (Å²) in [7, 11) is 2.06. The average Bonchev–Trinajstić information content (AvgIpc) is 2.46. The lowest BCUT2D eigenvalue weighted by Gasteiger charge is -2.27. The molecule has 1 fully saturated rings. The van der Waals surface area contributed by atoms with Gasteiger partial charge >= 0.3 is 0 Å². The van der Waals surface area contributed by atoms with Crippen LogP contribution in [-0.4, -0.2) is 45.2 Å². The van der Waals surface area contributed by atoms with Crippen molar-refractivity contribution in [1.82, 2.24) is 5.32 Å². The molecule has 1 aliphatic heterocycles. The van der Waals surface area contributed by atoms with Crippen molar-refractivity contribution in [2.24, 2.45) is 0 Å². The van der Waals surface area contributed by atoms with Crippen LogP contribution in [0.15, 0.2) is 24.3 Å². The van der Waals surface area contributed by atoms with Crippen molar-refractivity contribution in [3.05, 3.63) is 29.8 Å². The van der Waals surface area contributed by atoms with Crippen molar-refractivity contribution in [1.29, 1.82) is 0 Å². The van der Waals surface area contributed by atoms with Gasteiger partial charge in [-0.05, 0) is 25.5 Å². The molecule has 1 atom stereocenters. The van der Waals surface area contributed by atoms with Crippen molar-refractivity contribution in [2.75, 3.05) is 38.3 Å². The van der Waals surface area contributed by atoms with Crippen LogP contribution < -0.4 is 10.2 Å². The van der Waals surface area contributed by atoms with Gasteiger partial charge in [0.25, 0.3) is 0 Å². The molecule has 0 aliphatic carbocycles. The molecule has 104 valence electrons. The van der Waals surface area contributed by atoms with Gasteiger partial charge in [0.2, 0.25) is 0 Å². The molecule has 1 aromatic rings. The number of rotatable bonds is 5. The second-order valence-corrected chi connectivity index (χ2v) is 5.04. The number of benzene rings is 1. The molecule has 1 saturated heterocycles. The van der Waals surface area contributed by atoms with Gasteiger partial charge < -0.3 is 15.0 Å². The molecule has 1 N–H and O–H groups in total. The molecule has 0 spiro atoms. The van der Waals surface area contributed by atoms with Gasteiger partial charge in [-0.1, -0.05) is 12.1 Å². The number of nitrogens with one attached hydrogen (secondary N) is 1. The molecule has 1 aromatic carbocycles. The zero-order valence-corrected chi connectivity index (χ0v) is 11.7. The van der Waals surface area contributed by atoms with Crippen LogP contribution >= 0.6 is 0 Å². The molecule has 0 bridgehead atoms. The Morgan fingerprint density at radius 1 is 1.53 bits per heavy atom. The minimum Gasteiger partial charge on any atom is -0.379 e. The Labute approximate surface area is 114 Å². The number of hydrogen-bond donors (Lipinski definition) is 1. The monoisotopic (exact) mass is 262 g/mol. The highest BCUT2D eigenvalue weighted by molar-refractivity contribution is 5.94. The zero-order chi connectivity index (χ0) is 13.7. The Hall–Kier alpha value is -1.39. The van der Waals surface area contributed by atoms with Gasteiger partial charge in [-0.15, -0.1) is 0 Å². The number of morpholine rings is 1. The van der Waals surface area contributed by atoms with Crippen molar-refractivity contribution < 1.29 is 9.53 Å². The van der Waals surface area contributed by atoms with Gasteiger partial charge in [0.05, 0.1) is 13.2 Å². The third-order valence-corrected chi connectivity index (χ3v) is 3.50. The fourth-order valence-corrected chi connectivity index (χ4v) is 2.25. The number of anilines is 1. The van der Waals surface area contributed by atoms with Crippen molar-refractivity contribution >= 4 is 11.5 Å². The van der Waals surface area contributed by atoms with E-state index in [0.717, 1.165) is 44.0 Å². The average molecular weight is 262 g/mol. The Bertz CT molecular complexity index is 428. The lowest BCUT2D eigenvalue weighted by molar-refractivity contribution is 0.0749. The Balaban J connectivity index is 1.89. The quantitative estimate of drug-likeness (QED) is 0.820. The molecular formula is C15H22N2O2. The molecule has 4 nitrogen and oxygen atoms in total. The van der Waals surface area contributed by atoms with Gasteiger partial charge in [0.15, 0.2) is 5.78 Å². The first-order valence-corrected chi connectivity index (χ1v) is 6.80. The SMILES string of the molecule is CC(=O)c1cccc(N(C)CCC2COCCN2)c1. The summed E-state index contributed by atoms with van der Waals surface area (Å²) < 4.78 is 5.44. The van der Waals surface area contributed by atoms with Gasteiger partial charge in [-0.2, -0.15) is 0 Å². The molecule has 1 heterocycles. The predicted molar refractivity (Wildman–Crippen MR) is 76.9 cm³/mol. The number of hydrogen-bond acceptors (Lipinski definition) is 4. The second kappa shape index (κ2) is 6.68. The summed E-state index contributed by atoms with van der Waals surface area (Å²) >= 11 is 0. The van der Waals surface area contributed by atoms with Crippen LogP contribution in [0.2, 0.25) is 0 Å². The first kappa shape index (κ1) is 14.0. The standard InChI is InChI=1S/C15H22N2O2/c1-12(18)13-4-3-5-15(10-13)17(2)8-6-14-11-19-9-7-16-14/h3-5,10,14,16H,6-9,11H2,1-2H3. The smallest absolute Gasteiger partial charge is 0.159 e. The third-order valence-electron chi connectivity index (χ3n) is 3.50. The zero-order valence-electron chi connectivity index (χ0n) is 11.7. The summed E-state index contributed by atoms with van der Waals surface area (Å²) in [6.07, 6.45) is 1.04. The summed E-state index contributed by atoms with van der Waals surface area (Å²) in [5.41, 5.74) is 1.85. The van der Waals surface area contributed by atoms with E-state index in [1.54, 1.807) is 6.92 Å². The highest BCUT2D eigenvalue weighted by Crippen LogP contribution is 2.16. The number of carbonyl (C=O) groups is 1. The first-order chi connectivity index (χ1) is 9.16. The van der Waals surface area contributed by atoms with Gasteiger partial charge in [-0.25, -0.2) is 0 Å². The number of carbonyl (C=O) groups excluding carboxylic acids is 1. The third kappa shape index (κ3) is 4.04. The summed E-state index contributed by atoms with van der Waals surface area (Å²) in [6, 6.07) is 8.22. The lowest BCUT2D eigenvalue weighted by atomic mass is 10.1. The van der Waals surface area contributed by atoms with Gasteiger partial charge in [-0.3, -0.25) is 4.79 Å². The predicted octanol–water partition coefficient (Wildman–Crippen LogP) is 1.70. The largest absolute Gasteiger partial charge is 0.379 e. The highest BCUT2D eigenvalue weighted by atomic mass is 16.5. The van der Waals surface area contributed by atoms with E-state index in [-0.39, 0.29) is 5.78 Å². The van der Waals surface area contributed by atoms with E-state index in [2.05, 4.69) is 17.3 Å². The molecule has 1 unspecified atom stereocenters. The van der Waals surface area contributed by atoms with Crippen LogP contribution in [0.5, 0.6) is 0 Å². The van der Waals surface area contributed by atoms with E-state index < -0.39 is 0 Å². The van der Waals surface area contributed by atoms with E-state index in [4.69, 9.17) is 4.74 Å². The topological polar surface area (TPSA) is 41.6 Å². The van der Waals surface area contributed by atoms with Crippen LogP contribution in [0.1, 0.15) is 23.7 Å². The normalized spacial score (nSPS) is 19.2. The fourth-order valence-electron chi connectivity index (χ4n) is 2.25. The Morgan fingerprint density at radius 2 is 2.37 bits per heavy atom. The van der Waals surface area contributed by atoms with Crippen LogP contribution in [0.4, 0.5) is 5.69 Å². The number of Topliss-reactive ketones (excluding diaryl/α,β-unsaturated/α-hetero) is 1. The first-order valence-electron chi connectivity index (χ1n) is 6.80. The number of ether oxygens (including phenoxy) is 1. The van der Waals surface area contributed by atoms with Gasteiger partial charge in [0, 0.05) is 37.4 Å². The van der Waals surface area contributed by atoms with Crippen LogP contribution in [0.3, 0.4) is 0 Å². The molecular weight excluding hydrogens is 240 g/mol. The summed E-state index contributed by atoms with van der Waals surface area (Å²) in [5, 5.41) is 3.45. The summed E-state index contributed by atoms with van der Waals surface area (Å²) in [5.74, 6) is 0.109. The maximum absolute atomic E-state index is 11.4. The Kier molecular flexibility index (Phi) is 4.93. The maximum atomic E-state index is 11.4. The van der Waals surface area contributed by atoms with Crippen molar-refractivity contribution in [3.63, 3.8) is 0 Å².